The number of hydrogen-bond donors (Lipinski definition) is 1. The lowest BCUT2D eigenvalue weighted by Gasteiger charge is -2.23. The van der Waals surface area contributed by atoms with Crippen LogP contribution in [-0.2, 0) is 23.0 Å². The monoisotopic (exact) mass is 478 g/mol. The topological polar surface area (TPSA) is 66.5 Å². The van der Waals surface area contributed by atoms with Crippen molar-refractivity contribution >= 4 is 21.6 Å². The molecule has 0 fully saturated rings. The number of amides is 1. The molecule has 0 aliphatic heterocycles. The maximum Gasteiger partial charge on any atom is 0.251 e. The molecule has 5 nitrogen and oxygen atoms in total. The van der Waals surface area contributed by atoms with Gasteiger partial charge in [-0.05, 0) is 59.7 Å². The predicted molar refractivity (Wildman–Crippen MR) is 140 cm³/mol. The van der Waals surface area contributed by atoms with Gasteiger partial charge in [0.05, 0.1) is 18.5 Å². The zero-order valence-electron chi connectivity index (χ0n) is 20.2. The van der Waals surface area contributed by atoms with Crippen molar-refractivity contribution in [3.05, 3.63) is 101 Å². The number of hydrogen-bond acceptors (Lipinski definition) is 3. The third kappa shape index (κ3) is 7.19. The van der Waals surface area contributed by atoms with E-state index in [1.54, 1.807) is 12.1 Å². The number of aryl methyl sites for hydroxylation is 1. The third-order valence-electron chi connectivity index (χ3n) is 5.92. The average Bonchev–Trinajstić information content (AvgIpc) is 2.85. The van der Waals surface area contributed by atoms with Crippen molar-refractivity contribution in [2.45, 2.75) is 45.6 Å². The molecule has 0 radical (unpaired) electrons. The summed E-state index contributed by atoms with van der Waals surface area (Å²) in [6, 6.07) is 24.9. The van der Waals surface area contributed by atoms with Gasteiger partial charge >= 0.3 is 0 Å². The lowest BCUT2D eigenvalue weighted by Crippen LogP contribution is -2.29. The first-order valence-electron chi connectivity index (χ1n) is 11.8. The quantitative estimate of drug-likeness (QED) is 0.394. The highest BCUT2D eigenvalue weighted by molar-refractivity contribution is 7.92. The number of unbranched alkanes of at least 4 members (excludes halogenated alkanes) is 1. The van der Waals surface area contributed by atoms with Crippen LogP contribution in [0.4, 0.5) is 5.69 Å². The van der Waals surface area contributed by atoms with E-state index < -0.39 is 10.0 Å². The zero-order valence-corrected chi connectivity index (χ0v) is 21.0. The molecule has 34 heavy (non-hydrogen) atoms. The minimum atomic E-state index is -3.46. The Morgan fingerprint density at radius 3 is 2.12 bits per heavy atom. The Bertz CT molecular complexity index is 1160. The SMILES string of the molecule is CCCCc1ccc(N(Cc2ccc(C(=O)NC[C@H](C)c3ccccc3)cc2)S(C)(=O)=O)cc1. The summed E-state index contributed by atoms with van der Waals surface area (Å²) in [7, 11) is -3.46. The van der Waals surface area contributed by atoms with E-state index >= 15 is 0 Å². The highest BCUT2D eigenvalue weighted by atomic mass is 32.2. The molecule has 0 saturated carbocycles. The van der Waals surface area contributed by atoms with Gasteiger partial charge in [-0.3, -0.25) is 9.10 Å². The van der Waals surface area contributed by atoms with Gasteiger partial charge in [0, 0.05) is 12.1 Å². The molecule has 3 aromatic carbocycles. The molecule has 3 rings (SSSR count). The fraction of sp³-hybridized carbons (Fsp3) is 0.321. The molecule has 1 N–H and O–H groups in total. The van der Waals surface area contributed by atoms with E-state index in [1.165, 1.54) is 21.7 Å². The molecule has 0 aromatic heterocycles. The number of carbonyl (C=O) groups is 1. The van der Waals surface area contributed by atoms with E-state index in [-0.39, 0.29) is 18.4 Å². The zero-order chi connectivity index (χ0) is 24.6. The lowest BCUT2D eigenvalue weighted by atomic mass is 10.0. The van der Waals surface area contributed by atoms with E-state index in [4.69, 9.17) is 0 Å². The summed E-state index contributed by atoms with van der Waals surface area (Å²) in [6.45, 7) is 4.98. The van der Waals surface area contributed by atoms with Crippen molar-refractivity contribution in [3.63, 3.8) is 0 Å². The second-order valence-corrected chi connectivity index (χ2v) is 10.7. The molecule has 0 aliphatic rings. The number of nitrogens with zero attached hydrogens (tertiary/aromatic N) is 1. The van der Waals surface area contributed by atoms with Crippen LogP contribution in [0, 0.1) is 0 Å². The van der Waals surface area contributed by atoms with Crippen molar-refractivity contribution in [2.75, 3.05) is 17.1 Å². The lowest BCUT2D eigenvalue weighted by molar-refractivity contribution is 0.0951. The Morgan fingerprint density at radius 1 is 0.912 bits per heavy atom. The van der Waals surface area contributed by atoms with Gasteiger partial charge in [-0.15, -0.1) is 0 Å². The van der Waals surface area contributed by atoms with Crippen LogP contribution >= 0.6 is 0 Å². The fourth-order valence-corrected chi connectivity index (χ4v) is 4.67. The van der Waals surface area contributed by atoms with E-state index in [2.05, 4.69) is 31.3 Å². The standard InChI is InChI=1S/C28H34N2O3S/c1-4-5-9-23-14-18-27(19-15-23)30(34(3,32)33)21-24-12-16-26(17-13-24)28(31)29-20-22(2)25-10-7-6-8-11-25/h6-8,10-19,22H,4-5,9,20-21H2,1-3H3,(H,29,31)/t22-/m0/s1. The number of benzene rings is 3. The smallest absolute Gasteiger partial charge is 0.251 e. The van der Waals surface area contributed by atoms with Crippen molar-refractivity contribution in [3.8, 4) is 0 Å². The van der Waals surface area contributed by atoms with Crippen molar-refractivity contribution in [1.82, 2.24) is 5.32 Å². The number of sulfonamides is 1. The van der Waals surface area contributed by atoms with Crippen molar-refractivity contribution in [1.29, 1.82) is 0 Å². The normalized spacial score (nSPS) is 12.2. The molecular weight excluding hydrogens is 444 g/mol. The number of anilines is 1. The Hall–Kier alpha value is -3.12. The first-order valence-corrected chi connectivity index (χ1v) is 13.6. The highest BCUT2D eigenvalue weighted by Crippen LogP contribution is 2.22. The maximum atomic E-state index is 12.6. The molecule has 0 heterocycles. The molecule has 3 aromatic rings. The van der Waals surface area contributed by atoms with Gasteiger partial charge in [0.1, 0.15) is 0 Å². The molecule has 0 unspecified atom stereocenters. The number of carbonyl (C=O) groups excluding carboxylic acids is 1. The van der Waals surface area contributed by atoms with Gasteiger partial charge in [0.15, 0.2) is 0 Å². The summed E-state index contributed by atoms with van der Waals surface area (Å²) in [4.78, 5) is 12.6. The van der Waals surface area contributed by atoms with Gasteiger partial charge in [-0.25, -0.2) is 8.42 Å². The molecule has 1 atom stereocenters. The van der Waals surface area contributed by atoms with Gasteiger partial charge in [-0.2, -0.15) is 0 Å². The fourth-order valence-electron chi connectivity index (χ4n) is 3.78. The number of rotatable bonds is 11. The van der Waals surface area contributed by atoms with Crippen LogP contribution in [0.1, 0.15) is 59.7 Å². The van der Waals surface area contributed by atoms with E-state index in [1.807, 2.05) is 54.6 Å². The summed E-state index contributed by atoms with van der Waals surface area (Å²) >= 11 is 0. The number of nitrogens with one attached hydrogen (secondary N) is 1. The Balaban J connectivity index is 1.64. The Labute approximate surface area is 203 Å². The van der Waals surface area contributed by atoms with Crippen LogP contribution in [0.25, 0.3) is 0 Å². The van der Waals surface area contributed by atoms with Crippen molar-refractivity contribution < 1.29 is 13.2 Å². The third-order valence-corrected chi connectivity index (χ3v) is 7.06. The van der Waals surface area contributed by atoms with Crippen LogP contribution in [0.3, 0.4) is 0 Å². The minimum absolute atomic E-state index is 0.142. The van der Waals surface area contributed by atoms with Crippen molar-refractivity contribution in [2.24, 2.45) is 0 Å². The van der Waals surface area contributed by atoms with E-state index in [0.29, 0.717) is 17.8 Å². The summed E-state index contributed by atoms with van der Waals surface area (Å²) in [5, 5.41) is 2.98. The summed E-state index contributed by atoms with van der Waals surface area (Å²) < 4.78 is 26.4. The predicted octanol–water partition coefficient (Wildman–Crippen LogP) is 5.53. The molecule has 0 bridgehead atoms. The van der Waals surface area contributed by atoms with Gasteiger partial charge < -0.3 is 5.32 Å². The average molecular weight is 479 g/mol. The minimum Gasteiger partial charge on any atom is -0.351 e. The molecule has 0 aliphatic carbocycles. The van der Waals surface area contributed by atoms with Crippen LogP contribution in [-0.4, -0.2) is 27.1 Å². The van der Waals surface area contributed by atoms with Gasteiger partial charge in [-0.1, -0.05) is 74.9 Å². The van der Waals surface area contributed by atoms with Crippen LogP contribution in [0.5, 0.6) is 0 Å². The maximum absolute atomic E-state index is 12.6. The largest absolute Gasteiger partial charge is 0.351 e. The Kier molecular flexibility index (Phi) is 8.88. The highest BCUT2D eigenvalue weighted by Gasteiger charge is 2.18. The van der Waals surface area contributed by atoms with E-state index in [9.17, 15) is 13.2 Å². The van der Waals surface area contributed by atoms with Gasteiger partial charge in [0.25, 0.3) is 5.91 Å². The Morgan fingerprint density at radius 2 is 1.53 bits per heavy atom. The summed E-state index contributed by atoms with van der Waals surface area (Å²) in [6.07, 6.45) is 4.44. The second kappa shape index (κ2) is 11.8. The molecule has 0 saturated heterocycles. The van der Waals surface area contributed by atoms with Crippen LogP contribution in [0.2, 0.25) is 0 Å². The summed E-state index contributed by atoms with van der Waals surface area (Å²) in [5.74, 6) is 0.0677. The molecular formula is C28H34N2O3S. The van der Waals surface area contributed by atoms with E-state index in [0.717, 1.165) is 24.8 Å². The molecule has 0 spiro atoms. The molecule has 1 amide bonds. The second-order valence-electron chi connectivity index (χ2n) is 8.76. The molecule has 6 heteroatoms. The molecule has 180 valence electrons. The first kappa shape index (κ1) is 25.5. The summed E-state index contributed by atoms with van der Waals surface area (Å²) in [5.41, 5.74) is 4.39. The van der Waals surface area contributed by atoms with Crippen LogP contribution < -0.4 is 9.62 Å². The van der Waals surface area contributed by atoms with Crippen LogP contribution in [0.15, 0.2) is 78.9 Å². The van der Waals surface area contributed by atoms with Gasteiger partial charge in [0.2, 0.25) is 10.0 Å². The first-order chi connectivity index (χ1) is 16.3.